The summed E-state index contributed by atoms with van der Waals surface area (Å²) in [7, 11) is 0. The average molecular weight is 311 g/mol. The Labute approximate surface area is 115 Å². The maximum atomic E-state index is 13.5. The van der Waals surface area contributed by atoms with Crippen LogP contribution >= 0.6 is 15.9 Å². The van der Waals surface area contributed by atoms with Crippen LogP contribution < -0.4 is 0 Å². The molecule has 0 saturated heterocycles. The number of hydrogen-bond donors (Lipinski definition) is 0. The largest absolute Gasteiger partial charge is 0.299 e. The third kappa shape index (κ3) is 3.77. The van der Waals surface area contributed by atoms with E-state index in [4.69, 9.17) is 0 Å². The van der Waals surface area contributed by atoms with Crippen molar-refractivity contribution in [2.75, 3.05) is 0 Å². The molecule has 0 radical (unpaired) electrons. The third-order valence-electron chi connectivity index (χ3n) is 3.20. The first-order valence-electron chi connectivity index (χ1n) is 6.28. The third-order valence-corrected chi connectivity index (χ3v) is 3.70. The number of ketones is 1. The predicted molar refractivity (Wildman–Crippen MR) is 74.0 cm³/mol. The summed E-state index contributed by atoms with van der Waals surface area (Å²) in [5.74, 6) is -0.204. The van der Waals surface area contributed by atoms with Crippen molar-refractivity contribution >= 4 is 21.7 Å². The van der Waals surface area contributed by atoms with Gasteiger partial charge in [-0.05, 0) is 49.4 Å². The van der Waals surface area contributed by atoms with Crippen molar-refractivity contribution in [2.24, 2.45) is 0 Å². The first-order valence-corrected chi connectivity index (χ1v) is 7.08. The minimum Gasteiger partial charge on any atom is -0.299 e. The highest BCUT2D eigenvalue weighted by Crippen LogP contribution is 2.22. The normalized spacial score (nSPS) is 15.3. The number of carbonyl (C=O) groups excluding carboxylic acids is 1. The zero-order chi connectivity index (χ0) is 13.0. The fraction of sp³-hybridized carbons (Fsp3) is 0.400. The van der Waals surface area contributed by atoms with E-state index in [2.05, 4.69) is 22.0 Å². The van der Waals surface area contributed by atoms with Gasteiger partial charge in [0.2, 0.25) is 0 Å². The monoisotopic (exact) mass is 310 g/mol. The number of hydrogen-bond acceptors (Lipinski definition) is 1. The summed E-state index contributed by atoms with van der Waals surface area (Å²) >= 11 is 3.30. The molecule has 0 unspecified atom stereocenters. The van der Waals surface area contributed by atoms with E-state index in [0.29, 0.717) is 12.0 Å². The van der Waals surface area contributed by atoms with Gasteiger partial charge in [0.15, 0.2) is 0 Å². The fourth-order valence-corrected chi connectivity index (χ4v) is 2.68. The highest BCUT2D eigenvalue weighted by Gasteiger charge is 2.12. The lowest BCUT2D eigenvalue weighted by molar-refractivity contribution is -0.117. The minimum atomic E-state index is -0.302. The Hall–Kier alpha value is -0.960. The summed E-state index contributed by atoms with van der Waals surface area (Å²) in [4.78, 5) is 11.9. The van der Waals surface area contributed by atoms with Crippen LogP contribution in [0.15, 0.2) is 34.3 Å². The quantitative estimate of drug-likeness (QED) is 0.743. The number of halogens is 2. The topological polar surface area (TPSA) is 17.1 Å². The van der Waals surface area contributed by atoms with Gasteiger partial charge < -0.3 is 0 Å². The van der Waals surface area contributed by atoms with E-state index >= 15 is 0 Å². The smallest absolute Gasteiger partial charge is 0.141 e. The fourth-order valence-electron chi connectivity index (χ4n) is 2.27. The Balaban J connectivity index is 1.98. The number of rotatable bonds is 4. The zero-order valence-corrected chi connectivity index (χ0v) is 11.8. The highest BCUT2D eigenvalue weighted by atomic mass is 79.9. The van der Waals surface area contributed by atoms with Crippen LogP contribution in [0.3, 0.4) is 0 Å². The number of carbonyl (C=O) groups is 1. The number of Topliss-reactive ketones (excluding diaryl/α,β-unsaturated/α-hetero) is 1. The first-order chi connectivity index (χ1) is 8.65. The maximum absolute atomic E-state index is 13.5. The molecular formula is C15H16BrFO. The van der Waals surface area contributed by atoms with Gasteiger partial charge in [-0.2, -0.15) is 0 Å². The van der Waals surface area contributed by atoms with E-state index in [1.807, 2.05) is 0 Å². The number of benzene rings is 1. The second kappa shape index (κ2) is 6.28. The molecule has 0 bridgehead atoms. The summed E-state index contributed by atoms with van der Waals surface area (Å²) in [5, 5.41) is 0. The van der Waals surface area contributed by atoms with Crippen molar-refractivity contribution < 1.29 is 9.18 Å². The van der Waals surface area contributed by atoms with E-state index in [9.17, 15) is 9.18 Å². The molecule has 1 aliphatic carbocycles. The van der Waals surface area contributed by atoms with Crippen molar-refractivity contribution in [3.63, 3.8) is 0 Å². The molecule has 3 heteroatoms. The molecule has 0 aliphatic heterocycles. The molecule has 0 heterocycles. The van der Waals surface area contributed by atoms with Gasteiger partial charge in [-0.25, -0.2) is 4.39 Å². The van der Waals surface area contributed by atoms with Gasteiger partial charge in [-0.15, -0.1) is 0 Å². The molecule has 1 aromatic rings. The lowest BCUT2D eigenvalue weighted by atomic mass is 9.94. The van der Waals surface area contributed by atoms with Crippen LogP contribution in [0.5, 0.6) is 0 Å². The van der Waals surface area contributed by atoms with E-state index < -0.39 is 0 Å². The molecule has 0 amide bonds. The molecule has 0 fully saturated rings. The Morgan fingerprint density at radius 2 is 2.11 bits per heavy atom. The van der Waals surface area contributed by atoms with Crippen molar-refractivity contribution in [3.8, 4) is 0 Å². The Bertz CT molecular complexity index is 479. The number of allylic oxidation sites excluding steroid dienone is 2. The van der Waals surface area contributed by atoms with Crippen LogP contribution in [-0.2, 0) is 11.2 Å². The minimum absolute atomic E-state index is 0.0974. The maximum Gasteiger partial charge on any atom is 0.141 e. The molecule has 0 spiro atoms. The first kappa shape index (κ1) is 13.5. The Morgan fingerprint density at radius 1 is 1.28 bits per heavy atom. The molecule has 1 aliphatic rings. The zero-order valence-electron chi connectivity index (χ0n) is 10.2. The lowest BCUT2D eigenvalue weighted by Crippen LogP contribution is -2.07. The summed E-state index contributed by atoms with van der Waals surface area (Å²) < 4.78 is 14.3. The van der Waals surface area contributed by atoms with Crippen molar-refractivity contribution in [1.82, 2.24) is 0 Å². The van der Waals surface area contributed by atoms with Crippen LogP contribution in [0.4, 0.5) is 4.39 Å². The van der Waals surface area contributed by atoms with Gasteiger partial charge in [-0.3, -0.25) is 4.79 Å². The summed E-state index contributed by atoms with van der Waals surface area (Å²) in [6, 6.07) is 4.72. The van der Waals surface area contributed by atoms with E-state index in [1.165, 1.54) is 24.5 Å². The van der Waals surface area contributed by atoms with Crippen molar-refractivity contribution in [3.05, 3.63) is 45.7 Å². The van der Waals surface area contributed by atoms with Gasteiger partial charge in [0.05, 0.1) is 0 Å². The summed E-state index contributed by atoms with van der Waals surface area (Å²) in [6.45, 7) is 0. The molecule has 18 heavy (non-hydrogen) atoms. The molecule has 1 aromatic carbocycles. The van der Waals surface area contributed by atoms with Crippen molar-refractivity contribution in [2.45, 2.75) is 38.5 Å². The van der Waals surface area contributed by atoms with Crippen LogP contribution in [-0.4, -0.2) is 5.78 Å². The van der Waals surface area contributed by atoms with Gasteiger partial charge in [0, 0.05) is 17.3 Å². The van der Waals surface area contributed by atoms with E-state index in [-0.39, 0.29) is 18.0 Å². The molecule has 0 N–H and O–H groups in total. The molecular weight excluding hydrogens is 295 g/mol. The van der Waals surface area contributed by atoms with Gasteiger partial charge in [-0.1, -0.05) is 27.6 Å². The molecule has 2 rings (SSSR count). The van der Waals surface area contributed by atoms with Crippen LogP contribution in [0.2, 0.25) is 0 Å². The molecule has 1 nitrogen and oxygen atoms in total. The van der Waals surface area contributed by atoms with E-state index in [1.54, 1.807) is 12.1 Å². The predicted octanol–water partition coefficient (Wildman–Crippen LogP) is 4.59. The SMILES string of the molecule is O=C(CC1=CCCCC1)Cc1cc(Br)ccc1F. The lowest BCUT2D eigenvalue weighted by Gasteiger charge is -2.12. The standard InChI is InChI=1S/C15H16BrFO/c16-13-6-7-15(17)12(9-13)10-14(18)8-11-4-2-1-3-5-11/h4,6-7,9H,1-3,5,8,10H2. The molecule has 0 aromatic heterocycles. The average Bonchev–Trinajstić information content (AvgIpc) is 2.35. The molecule has 0 saturated carbocycles. The van der Waals surface area contributed by atoms with Crippen LogP contribution in [0, 0.1) is 5.82 Å². The van der Waals surface area contributed by atoms with Crippen LogP contribution in [0.25, 0.3) is 0 Å². The van der Waals surface area contributed by atoms with Crippen molar-refractivity contribution in [1.29, 1.82) is 0 Å². The molecule has 96 valence electrons. The Morgan fingerprint density at radius 3 is 2.83 bits per heavy atom. The highest BCUT2D eigenvalue weighted by molar-refractivity contribution is 9.10. The molecule has 0 atom stereocenters. The van der Waals surface area contributed by atoms with Gasteiger partial charge in [0.25, 0.3) is 0 Å². The van der Waals surface area contributed by atoms with E-state index in [0.717, 1.165) is 17.3 Å². The van der Waals surface area contributed by atoms with Crippen LogP contribution in [0.1, 0.15) is 37.7 Å². The van der Waals surface area contributed by atoms with Gasteiger partial charge in [0.1, 0.15) is 11.6 Å². The second-order valence-corrected chi connectivity index (χ2v) is 5.65. The van der Waals surface area contributed by atoms with Gasteiger partial charge >= 0.3 is 0 Å². The summed E-state index contributed by atoms with van der Waals surface area (Å²) in [5.41, 5.74) is 1.70. The second-order valence-electron chi connectivity index (χ2n) is 4.74. The summed E-state index contributed by atoms with van der Waals surface area (Å²) in [6.07, 6.45) is 7.32. The Kier molecular flexibility index (Phi) is 4.70.